The number of nitrogens with zero attached hydrogens (tertiary/aromatic N) is 4. The Labute approximate surface area is 172 Å². The topological polar surface area (TPSA) is 41.4 Å². The molecule has 1 amide bonds. The maximum atomic E-state index is 13.0. The van der Waals surface area contributed by atoms with Crippen molar-refractivity contribution >= 4 is 29.3 Å². The van der Waals surface area contributed by atoms with Crippen molar-refractivity contribution in [1.82, 2.24) is 19.4 Å². The fourth-order valence-corrected chi connectivity index (χ4v) is 4.13. The van der Waals surface area contributed by atoms with Crippen molar-refractivity contribution in [2.24, 2.45) is 0 Å². The summed E-state index contributed by atoms with van der Waals surface area (Å²) < 4.78 is 2.13. The van der Waals surface area contributed by atoms with Gasteiger partial charge < -0.3 is 9.80 Å². The number of carbonyl (C=O) groups excluding carboxylic acids is 1. The van der Waals surface area contributed by atoms with Crippen LogP contribution in [-0.2, 0) is 0 Å². The van der Waals surface area contributed by atoms with E-state index in [0.717, 1.165) is 54.2 Å². The first-order valence-electron chi connectivity index (χ1n) is 9.62. The lowest BCUT2D eigenvalue weighted by atomic mass is 10.1. The van der Waals surface area contributed by atoms with Crippen molar-refractivity contribution in [3.05, 3.63) is 59.9 Å². The highest BCUT2D eigenvalue weighted by atomic mass is 35.5. The zero-order valence-corrected chi connectivity index (χ0v) is 17.4. The molecular weight excluding hydrogens is 372 g/mol. The molecule has 0 aliphatic carbocycles. The zero-order chi connectivity index (χ0) is 19.0. The molecule has 1 fully saturated rings. The number of halogens is 1. The summed E-state index contributed by atoms with van der Waals surface area (Å²) >= 11 is 0. The van der Waals surface area contributed by atoms with Crippen molar-refractivity contribution in [1.29, 1.82) is 0 Å². The lowest BCUT2D eigenvalue weighted by Crippen LogP contribution is -2.41. The summed E-state index contributed by atoms with van der Waals surface area (Å²) in [7, 11) is 2.12. The van der Waals surface area contributed by atoms with Crippen LogP contribution in [0.3, 0.4) is 0 Å². The maximum Gasteiger partial charge on any atom is 0.254 e. The van der Waals surface area contributed by atoms with E-state index in [2.05, 4.69) is 34.5 Å². The van der Waals surface area contributed by atoms with Gasteiger partial charge in [-0.05, 0) is 70.3 Å². The van der Waals surface area contributed by atoms with Gasteiger partial charge >= 0.3 is 0 Å². The molecule has 2 heterocycles. The van der Waals surface area contributed by atoms with Gasteiger partial charge in [-0.3, -0.25) is 9.36 Å². The Hall–Kier alpha value is -2.37. The third kappa shape index (κ3) is 3.64. The maximum absolute atomic E-state index is 13.0. The quantitative estimate of drug-likeness (QED) is 0.668. The summed E-state index contributed by atoms with van der Waals surface area (Å²) in [6.45, 7) is 6.82. The fourth-order valence-electron chi connectivity index (χ4n) is 4.13. The Morgan fingerprint density at radius 1 is 1.18 bits per heavy atom. The first kappa shape index (κ1) is 20.4. The van der Waals surface area contributed by atoms with E-state index in [1.165, 1.54) is 0 Å². The highest BCUT2D eigenvalue weighted by molar-refractivity contribution is 5.94. The number of rotatable bonds is 4. The molecule has 3 aromatic rings. The molecule has 2 aromatic carbocycles. The van der Waals surface area contributed by atoms with Gasteiger partial charge in [-0.15, -0.1) is 12.4 Å². The number of likely N-dealkylation sites (N-methyl/N-ethyl adjacent to an activating group) is 2. The van der Waals surface area contributed by atoms with Crippen molar-refractivity contribution < 1.29 is 4.79 Å². The third-order valence-electron chi connectivity index (χ3n) is 5.51. The molecule has 0 spiro atoms. The predicted octanol–water partition coefficient (Wildman–Crippen LogP) is 3.92. The van der Waals surface area contributed by atoms with Crippen molar-refractivity contribution in [2.75, 3.05) is 26.7 Å². The third-order valence-corrected chi connectivity index (χ3v) is 5.51. The molecular formula is C22H27ClN4O. The van der Waals surface area contributed by atoms with Crippen LogP contribution < -0.4 is 0 Å². The Bertz CT molecular complexity index is 966. The van der Waals surface area contributed by atoms with Gasteiger partial charge in [-0.25, -0.2) is 4.98 Å². The molecule has 0 unspecified atom stereocenters. The van der Waals surface area contributed by atoms with E-state index in [1.54, 1.807) is 0 Å². The molecule has 1 aliphatic heterocycles. The molecule has 1 atom stereocenters. The highest BCUT2D eigenvalue weighted by Gasteiger charge is 2.28. The lowest BCUT2D eigenvalue weighted by molar-refractivity contribution is 0.0696. The molecule has 1 saturated heterocycles. The standard InChI is InChI=1S/C22H26N4O.ClH/c1-4-25(19-13-14-24(3)15-19)22(27)17-9-11-18(12-10-17)26-16(2)23-20-7-5-6-8-21(20)26;/h5-12,19H,4,13-15H2,1-3H3;1H/t19-;/m1./s1. The van der Waals surface area contributed by atoms with Crippen molar-refractivity contribution in [3.8, 4) is 5.69 Å². The number of para-hydroxylation sites is 2. The highest BCUT2D eigenvalue weighted by Crippen LogP contribution is 2.22. The number of hydrogen-bond acceptors (Lipinski definition) is 3. The number of imidazole rings is 1. The fraction of sp³-hybridized carbons (Fsp3) is 0.364. The second-order valence-corrected chi connectivity index (χ2v) is 7.33. The van der Waals surface area contributed by atoms with Crippen LogP contribution in [-0.4, -0.2) is 58.0 Å². The average Bonchev–Trinajstić information content (AvgIpc) is 3.25. The lowest BCUT2D eigenvalue weighted by Gasteiger charge is -2.28. The summed E-state index contributed by atoms with van der Waals surface area (Å²) in [5.74, 6) is 1.07. The summed E-state index contributed by atoms with van der Waals surface area (Å²) in [6.07, 6.45) is 1.05. The molecule has 6 heteroatoms. The second-order valence-electron chi connectivity index (χ2n) is 7.33. The van der Waals surface area contributed by atoms with Crippen LogP contribution in [0, 0.1) is 6.92 Å². The average molecular weight is 399 g/mol. The predicted molar refractivity (Wildman–Crippen MR) is 116 cm³/mol. The smallest absolute Gasteiger partial charge is 0.254 e. The van der Waals surface area contributed by atoms with Crippen LogP contribution in [0.4, 0.5) is 0 Å². The van der Waals surface area contributed by atoms with E-state index < -0.39 is 0 Å². The largest absolute Gasteiger partial charge is 0.335 e. The van der Waals surface area contributed by atoms with Gasteiger partial charge in [-0.1, -0.05) is 12.1 Å². The summed E-state index contributed by atoms with van der Waals surface area (Å²) in [6, 6.07) is 16.3. The van der Waals surface area contributed by atoms with E-state index in [9.17, 15) is 4.79 Å². The minimum absolute atomic E-state index is 0. The van der Waals surface area contributed by atoms with Crippen LogP contribution >= 0.6 is 12.4 Å². The minimum Gasteiger partial charge on any atom is -0.335 e. The molecule has 1 aromatic heterocycles. The molecule has 0 bridgehead atoms. The minimum atomic E-state index is 0. The first-order chi connectivity index (χ1) is 13.1. The van der Waals surface area contributed by atoms with Crippen molar-refractivity contribution in [3.63, 3.8) is 0 Å². The van der Waals surface area contributed by atoms with Gasteiger partial charge in [0, 0.05) is 30.4 Å². The van der Waals surface area contributed by atoms with Crippen LogP contribution in [0.25, 0.3) is 16.7 Å². The van der Waals surface area contributed by atoms with Crippen molar-refractivity contribution in [2.45, 2.75) is 26.3 Å². The Morgan fingerprint density at radius 3 is 2.54 bits per heavy atom. The zero-order valence-electron chi connectivity index (χ0n) is 16.6. The molecule has 0 radical (unpaired) electrons. The van der Waals surface area contributed by atoms with Crippen LogP contribution in [0.15, 0.2) is 48.5 Å². The molecule has 5 nitrogen and oxygen atoms in total. The molecule has 1 aliphatic rings. The Balaban J connectivity index is 0.00000225. The number of likely N-dealkylation sites (tertiary alicyclic amines) is 1. The monoisotopic (exact) mass is 398 g/mol. The number of amides is 1. The summed E-state index contributed by atoms with van der Waals surface area (Å²) in [5.41, 5.74) is 3.84. The SMILES string of the molecule is CCN(C(=O)c1ccc(-n2c(C)nc3ccccc32)cc1)[C@@H]1CCN(C)C1.Cl. The van der Waals surface area contributed by atoms with Gasteiger partial charge in [0.05, 0.1) is 11.0 Å². The number of aromatic nitrogens is 2. The van der Waals surface area contributed by atoms with Gasteiger partial charge in [0.15, 0.2) is 0 Å². The van der Waals surface area contributed by atoms with Gasteiger partial charge in [0.1, 0.15) is 5.82 Å². The van der Waals surface area contributed by atoms with Crippen LogP contribution in [0.2, 0.25) is 0 Å². The van der Waals surface area contributed by atoms with E-state index in [0.29, 0.717) is 6.04 Å². The number of fused-ring (bicyclic) bond motifs is 1. The van der Waals surface area contributed by atoms with Gasteiger partial charge in [0.25, 0.3) is 5.91 Å². The molecule has 4 rings (SSSR count). The van der Waals surface area contributed by atoms with E-state index in [4.69, 9.17) is 0 Å². The number of hydrogen-bond donors (Lipinski definition) is 0. The van der Waals surface area contributed by atoms with E-state index in [-0.39, 0.29) is 18.3 Å². The molecule has 28 heavy (non-hydrogen) atoms. The number of carbonyl (C=O) groups is 1. The number of benzene rings is 2. The van der Waals surface area contributed by atoms with Gasteiger partial charge in [0.2, 0.25) is 0 Å². The number of aryl methyl sites for hydroxylation is 1. The van der Waals surface area contributed by atoms with Crippen LogP contribution in [0.1, 0.15) is 29.5 Å². The van der Waals surface area contributed by atoms with Crippen LogP contribution in [0.5, 0.6) is 0 Å². The normalized spacial score (nSPS) is 16.9. The van der Waals surface area contributed by atoms with E-state index in [1.807, 2.05) is 54.3 Å². The first-order valence-corrected chi connectivity index (χ1v) is 9.62. The van der Waals surface area contributed by atoms with Gasteiger partial charge in [-0.2, -0.15) is 0 Å². The second kappa shape index (κ2) is 8.33. The Kier molecular flexibility index (Phi) is 6.06. The summed E-state index contributed by atoms with van der Waals surface area (Å²) in [4.78, 5) is 22.0. The summed E-state index contributed by atoms with van der Waals surface area (Å²) in [5, 5.41) is 0. The molecule has 0 saturated carbocycles. The molecule has 0 N–H and O–H groups in total. The molecule has 148 valence electrons. The Morgan fingerprint density at radius 2 is 1.89 bits per heavy atom. The van der Waals surface area contributed by atoms with E-state index >= 15 is 0 Å².